The monoisotopic (exact) mass is 299 g/mol. The SMILES string of the molecule is CCc1nc(CN)no1.Cc1ccc(S(=O)(=O)O)cc1. The van der Waals surface area contributed by atoms with Crippen LogP contribution in [0.2, 0.25) is 0 Å². The number of nitrogens with zero attached hydrogens (tertiary/aromatic N) is 2. The zero-order valence-corrected chi connectivity index (χ0v) is 12.1. The minimum Gasteiger partial charge on any atom is -0.339 e. The van der Waals surface area contributed by atoms with Crippen molar-refractivity contribution in [3.05, 3.63) is 41.5 Å². The second kappa shape index (κ2) is 7.13. The van der Waals surface area contributed by atoms with Gasteiger partial charge in [0.15, 0.2) is 5.82 Å². The molecular weight excluding hydrogens is 282 g/mol. The van der Waals surface area contributed by atoms with E-state index in [0.29, 0.717) is 18.3 Å². The zero-order chi connectivity index (χ0) is 15.2. The molecule has 1 aromatic heterocycles. The Hall–Kier alpha value is -1.77. The van der Waals surface area contributed by atoms with Crippen LogP contribution in [-0.2, 0) is 23.1 Å². The summed E-state index contributed by atoms with van der Waals surface area (Å²) in [5, 5.41) is 3.59. The molecule has 0 amide bonds. The highest BCUT2D eigenvalue weighted by Crippen LogP contribution is 2.08. The van der Waals surface area contributed by atoms with Crippen molar-refractivity contribution in [2.75, 3.05) is 0 Å². The summed E-state index contributed by atoms with van der Waals surface area (Å²) in [4.78, 5) is 3.88. The van der Waals surface area contributed by atoms with Crippen LogP contribution in [0.25, 0.3) is 0 Å². The van der Waals surface area contributed by atoms with E-state index in [-0.39, 0.29) is 4.90 Å². The lowest BCUT2D eigenvalue weighted by atomic mass is 10.2. The first-order valence-electron chi connectivity index (χ1n) is 5.92. The van der Waals surface area contributed by atoms with Gasteiger partial charge in [-0.3, -0.25) is 4.55 Å². The van der Waals surface area contributed by atoms with Crippen molar-refractivity contribution in [3.8, 4) is 0 Å². The van der Waals surface area contributed by atoms with Crippen LogP contribution in [0.4, 0.5) is 0 Å². The molecule has 8 heteroatoms. The number of hydrogen-bond donors (Lipinski definition) is 2. The largest absolute Gasteiger partial charge is 0.339 e. The van der Waals surface area contributed by atoms with Crippen molar-refractivity contribution < 1.29 is 17.5 Å². The van der Waals surface area contributed by atoms with Crippen molar-refractivity contribution in [3.63, 3.8) is 0 Å². The van der Waals surface area contributed by atoms with Crippen LogP contribution < -0.4 is 5.73 Å². The van der Waals surface area contributed by atoms with Gasteiger partial charge in [-0.15, -0.1) is 0 Å². The maximum atomic E-state index is 10.5. The Balaban J connectivity index is 0.000000204. The maximum absolute atomic E-state index is 10.5. The number of rotatable bonds is 3. The van der Waals surface area contributed by atoms with Crippen LogP contribution in [0.3, 0.4) is 0 Å². The summed E-state index contributed by atoms with van der Waals surface area (Å²) in [6.45, 7) is 4.14. The lowest BCUT2D eigenvalue weighted by Crippen LogP contribution is -1.97. The number of aromatic nitrogens is 2. The first kappa shape index (κ1) is 16.3. The van der Waals surface area contributed by atoms with E-state index in [1.54, 1.807) is 12.1 Å². The Morgan fingerprint density at radius 1 is 1.30 bits per heavy atom. The van der Waals surface area contributed by atoms with E-state index in [2.05, 4.69) is 10.1 Å². The Labute approximate surface area is 117 Å². The smallest absolute Gasteiger partial charge is 0.294 e. The molecule has 0 bridgehead atoms. The predicted octanol–water partition coefficient (Wildman–Crippen LogP) is 1.33. The molecule has 1 heterocycles. The van der Waals surface area contributed by atoms with Gasteiger partial charge in [0.2, 0.25) is 5.89 Å². The highest BCUT2D eigenvalue weighted by molar-refractivity contribution is 7.85. The number of nitrogens with two attached hydrogens (primary N) is 1. The average molecular weight is 299 g/mol. The van der Waals surface area contributed by atoms with Crippen molar-refractivity contribution in [1.82, 2.24) is 10.1 Å². The van der Waals surface area contributed by atoms with Gasteiger partial charge in [0.05, 0.1) is 11.4 Å². The Morgan fingerprint density at radius 2 is 1.90 bits per heavy atom. The number of aryl methyl sites for hydroxylation is 2. The molecule has 110 valence electrons. The molecule has 2 rings (SSSR count). The Bertz CT molecular complexity index is 616. The summed E-state index contributed by atoms with van der Waals surface area (Å²) in [5.74, 6) is 1.22. The van der Waals surface area contributed by atoms with E-state index < -0.39 is 10.1 Å². The second-order valence-corrected chi connectivity index (χ2v) is 5.37. The van der Waals surface area contributed by atoms with Gasteiger partial charge in [-0.1, -0.05) is 29.8 Å². The van der Waals surface area contributed by atoms with Gasteiger partial charge >= 0.3 is 0 Å². The molecule has 0 spiro atoms. The molecule has 0 atom stereocenters. The topological polar surface area (TPSA) is 119 Å². The van der Waals surface area contributed by atoms with Crippen LogP contribution in [0.1, 0.15) is 24.2 Å². The van der Waals surface area contributed by atoms with Crippen molar-refractivity contribution in [1.29, 1.82) is 0 Å². The lowest BCUT2D eigenvalue weighted by molar-refractivity contribution is 0.377. The molecule has 1 aromatic carbocycles. The highest BCUT2D eigenvalue weighted by atomic mass is 32.2. The third-order valence-corrected chi connectivity index (χ3v) is 3.18. The summed E-state index contributed by atoms with van der Waals surface area (Å²) >= 11 is 0. The number of benzene rings is 1. The summed E-state index contributed by atoms with van der Waals surface area (Å²) < 4.78 is 34.3. The fourth-order valence-electron chi connectivity index (χ4n) is 1.23. The molecule has 3 N–H and O–H groups in total. The van der Waals surface area contributed by atoms with E-state index in [9.17, 15) is 8.42 Å². The summed E-state index contributed by atoms with van der Waals surface area (Å²) in [5.41, 5.74) is 6.19. The first-order chi connectivity index (χ1) is 9.36. The quantitative estimate of drug-likeness (QED) is 0.820. The van der Waals surface area contributed by atoms with Crippen LogP contribution in [-0.4, -0.2) is 23.1 Å². The van der Waals surface area contributed by atoms with Gasteiger partial charge in [0.1, 0.15) is 0 Å². The maximum Gasteiger partial charge on any atom is 0.294 e. The van der Waals surface area contributed by atoms with E-state index in [1.165, 1.54) is 12.1 Å². The molecule has 0 unspecified atom stereocenters. The highest BCUT2D eigenvalue weighted by Gasteiger charge is 2.06. The van der Waals surface area contributed by atoms with Gasteiger partial charge in [-0.2, -0.15) is 13.4 Å². The summed E-state index contributed by atoms with van der Waals surface area (Å²) in [6, 6.07) is 5.99. The fraction of sp³-hybridized carbons (Fsp3) is 0.333. The molecule has 0 aliphatic carbocycles. The Morgan fingerprint density at radius 3 is 2.25 bits per heavy atom. The van der Waals surface area contributed by atoms with E-state index in [0.717, 1.165) is 12.0 Å². The summed E-state index contributed by atoms with van der Waals surface area (Å²) in [6.07, 6.45) is 0.771. The lowest BCUT2D eigenvalue weighted by Gasteiger charge is -1.95. The van der Waals surface area contributed by atoms with Gasteiger partial charge in [0, 0.05) is 6.42 Å². The molecule has 20 heavy (non-hydrogen) atoms. The fourth-order valence-corrected chi connectivity index (χ4v) is 1.71. The average Bonchev–Trinajstić information content (AvgIpc) is 2.87. The molecule has 0 saturated heterocycles. The minimum atomic E-state index is -4.02. The van der Waals surface area contributed by atoms with Crippen LogP contribution in [0.5, 0.6) is 0 Å². The van der Waals surface area contributed by atoms with Crippen LogP contribution >= 0.6 is 0 Å². The first-order valence-corrected chi connectivity index (χ1v) is 7.36. The molecule has 0 radical (unpaired) electrons. The molecule has 2 aromatic rings. The molecule has 0 saturated carbocycles. The third-order valence-electron chi connectivity index (χ3n) is 2.31. The van der Waals surface area contributed by atoms with Gasteiger partial charge in [0.25, 0.3) is 10.1 Å². The van der Waals surface area contributed by atoms with Crippen molar-refractivity contribution >= 4 is 10.1 Å². The van der Waals surface area contributed by atoms with Crippen molar-refractivity contribution in [2.24, 2.45) is 5.73 Å². The molecule has 7 nitrogen and oxygen atoms in total. The van der Waals surface area contributed by atoms with E-state index in [4.69, 9.17) is 14.8 Å². The van der Waals surface area contributed by atoms with Gasteiger partial charge < -0.3 is 10.3 Å². The minimum absolute atomic E-state index is 0.0666. The van der Waals surface area contributed by atoms with Crippen LogP contribution in [0.15, 0.2) is 33.7 Å². The molecular formula is C12H17N3O4S. The van der Waals surface area contributed by atoms with Crippen molar-refractivity contribution in [2.45, 2.75) is 31.7 Å². The van der Waals surface area contributed by atoms with Gasteiger partial charge in [-0.05, 0) is 19.1 Å². The molecule has 0 aliphatic heterocycles. The van der Waals surface area contributed by atoms with E-state index in [1.807, 2.05) is 13.8 Å². The molecule has 0 fully saturated rings. The normalized spacial score (nSPS) is 10.8. The third kappa shape index (κ3) is 5.08. The zero-order valence-electron chi connectivity index (χ0n) is 11.3. The van der Waals surface area contributed by atoms with Crippen LogP contribution in [0, 0.1) is 6.92 Å². The predicted molar refractivity (Wildman–Crippen MR) is 72.6 cm³/mol. The summed E-state index contributed by atoms with van der Waals surface area (Å²) in [7, 11) is -4.02. The Kier molecular flexibility index (Phi) is 5.81. The standard InChI is InChI=1S/C7H8O3S.C5H9N3O/c1-6-2-4-7(5-3-6)11(8,9)10;1-2-5-7-4(3-6)8-9-5/h2-5H,1H3,(H,8,9,10);2-3,6H2,1H3. The molecule has 0 aliphatic rings. The number of hydrogen-bond acceptors (Lipinski definition) is 6. The second-order valence-electron chi connectivity index (χ2n) is 3.95. The van der Waals surface area contributed by atoms with Gasteiger partial charge in [-0.25, -0.2) is 0 Å². The van der Waals surface area contributed by atoms with E-state index >= 15 is 0 Å².